The van der Waals surface area contributed by atoms with Gasteiger partial charge in [-0.1, -0.05) is 48.0 Å². The Morgan fingerprint density at radius 1 is 1.11 bits per heavy atom. The minimum absolute atomic E-state index is 0.0956. The Bertz CT molecular complexity index is 875. The molecule has 2 aromatic carbocycles. The molecule has 2 aromatic rings. The van der Waals surface area contributed by atoms with Crippen molar-refractivity contribution in [3.8, 4) is 0 Å². The van der Waals surface area contributed by atoms with Crippen LogP contribution in [-0.4, -0.2) is 30.3 Å². The first-order chi connectivity index (χ1) is 12.9. The summed E-state index contributed by atoms with van der Waals surface area (Å²) in [5, 5.41) is 0. The lowest BCUT2D eigenvalue weighted by Gasteiger charge is -2.20. The SMILES string of the molecule is Cc1ccc(N2C[C@H](C(=O)O[C@@H](C)C(=O)c3ccccc3)CC2=O)c(C)c1. The van der Waals surface area contributed by atoms with E-state index >= 15 is 0 Å². The number of hydrogen-bond acceptors (Lipinski definition) is 4. The van der Waals surface area contributed by atoms with Crippen molar-refractivity contribution in [2.45, 2.75) is 33.3 Å². The van der Waals surface area contributed by atoms with Gasteiger partial charge in [0.05, 0.1) is 5.92 Å². The van der Waals surface area contributed by atoms with Gasteiger partial charge in [0.15, 0.2) is 6.10 Å². The van der Waals surface area contributed by atoms with Crippen molar-refractivity contribution in [1.29, 1.82) is 0 Å². The average Bonchev–Trinajstić information content (AvgIpc) is 3.03. The number of amides is 1. The van der Waals surface area contributed by atoms with Gasteiger partial charge >= 0.3 is 5.97 Å². The van der Waals surface area contributed by atoms with Crippen molar-refractivity contribution in [2.24, 2.45) is 5.92 Å². The number of benzene rings is 2. The Labute approximate surface area is 158 Å². The third kappa shape index (κ3) is 4.08. The molecule has 0 saturated carbocycles. The summed E-state index contributed by atoms with van der Waals surface area (Å²) in [4.78, 5) is 38.9. The number of nitrogens with zero attached hydrogens (tertiary/aromatic N) is 1. The summed E-state index contributed by atoms with van der Waals surface area (Å²) in [6.07, 6.45) is -0.788. The van der Waals surface area contributed by atoms with Crippen LogP contribution in [0.2, 0.25) is 0 Å². The predicted octanol–water partition coefficient (Wildman–Crippen LogP) is 3.47. The Balaban J connectivity index is 1.66. The van der Waals surface area contributed by atoms with Crippen LogP contribution in [0, 0.1) is 19.8 Å². The fourth-order valence-electron chi connectivity index (χ4n) is 3.37. The zero-order valence-corrected chi connectivity index (χ0v) is 15.8. The summed E-state index contributed by atoms with van der Waals surface area (Å²) in [6.45, 7) is 5.77. The molecule has 1 heterocycles. The fourth-order valence-corrected chi connectivity index (χ4v) is 3.37. The Morgan fingerprint density at radius 3 is 2.48 bits per heavy atom. The number of Topliss-reactive ketones (excluding diaryl/α,β-unsaturated/α-hetero) is 1. The molecule has 0 aliphatic carbocycles. The number of carbonyl (C=O) groups excluding carboxylic acids is 3. The number of esters is 1. The number of anilines is 1. The highest BCUT2D eigenvalue weighted by Gasteiger charge is 2.37. The number of carbonyl (C=O) groups is 3. The van der Waals surface area contributed by atoms with Crippen molar-refractivity contribution in [3.63, 3.8) is 0 Å². The van der Waals surface area contributed by atoms with E-state index in [1.165, 1.54) is 0 Å². The van der Waals surface area contributed by atoms with Crippen molar-refractivity contribution in [1.82, 2.24) is 0 Å². The third-order valence-electron chi connectivity index (χ3n) is 4.82. The highest BCUT2D eigenvalue weighted by molar-refractivity contribution is 6.02. The molecular formula is C22H23NO4. The first-order valence-electron chi connectivity index (χ1n) is 9.04. The van der Waals surface area contributed by atoms with Crippen LogP contribution in [0.15, 0.2) is 48.5 Å². The summed E-state index contributed by atoms with van der Waals surface area (Å²) in [5.41, 5.74) is 3.42. The van der Waals surface area contributed by atoms with Crippen LogP contribution in [0.25, 0.3) is 0 Å². The van der Waals surface area contributed by atoms with Gasteiger partial charge in [0.2, 0.25) is 11.7 Å². The van der Waals surface area contributed by atoms with Gasteiger partial charge in [-0.15, -0.1) is 0 Å². The Morgan fingerprint density at radius 2 is 1.81 bits per heavy atom. The van der Waals surface area contributed by atoms with E-state index in [9.17, 15) is 14.4 Å². The van der Waals surface area contributed by atoms with Gasteiger partial charge in [-0.2, -0.15) is 0 Å². The van der Waals surface area contributed by atoms with Crippen molar-refractivity contribution >= 4 is 23.3 Å². The quantitative estimate of drug-likeness (QED) is 0.601. The number of rotatable bonds is 5. The fraction of sp³-hybridized carbons (Fsp3) is 0.318. The molecule has 0 aromatic heterocycles. The summed E-state index contributed by atoms with van der Waals surface area (Å²) >= 11 is 0. The lowest BCUT2D eigenvalue weighted by molar-refractivity contribution is -0.151. The van der Waals surface area contributed by atoms with E-state index in [2.05, 4.69) is 0 Å². The predicted molar refractivity (Wildman–Crippen MR) is 103 cm³/mol. The Kier molecular flexibility index (Phi) is 5.40. The summed E-state index contributed by atoms with van der Waals surface area (Å²) in [6, 6.07) is 14.6. The minimum Gasteiger partial charge on any atom is -0.454 e. The first-order valence-corrected chi connectivity index (χ1v) is 9.04. The number of ether oxygens (including phenoxy) is 1. The summed E-state index contributed by atoms with van der Waals surface area (Å²) in [7, 11) is 0. The summed E-state index contributed by atoms with van der Waals surface area (Å²) < 4.78 is 5.37. The second kappa shape index (κ2) is 7.74. The van der Waals surface area contributed by atoms with E-state index in [1.54, 1.807) is 36.1 Å². The van der Waals surface area contributed by atoms with Crippen LogP contribution >= 0.6 is 0 Å². The van der Waals surface area contributed by atoms with E-state index in [-0.39, 0.29) is 24.7 Å². The van der Waals surface area contributed by atoms with E-state index in [1.807, 2.05) is 38.1 Å². The van der Waals surface area contributed by atoms with E-state index in [0.717, 1.165) is 16.8 Å². The normalized spacial score (nSPS) is 17.7. The van der Waals surface area contributed by atoms with Gasteiger partial charge < -0.3 is 9.64 Å². The second-order valence-electron chi connectivity index (χ2n) is 7.00. The molecule has 0 radical (unpaired) electrons. The molecule has 0 bridgehead atoms. The van der Waals surface area contributed by atoms with Crippen LogP contribution in [0.4, 0.5) is 5.69 Å². The largest absolute Gasteiger partial charge is 0.454 e. The van der Waals surface area contributed by atoms with Gasteiger partial charge in [-0.25, -0.2) is 0 Å². The molecule has 1 aliphatic rings. The molecular weight excluding hydrogens is 342 g/mol. The highest BCUT2D eigenvalue weighted by atomic mass is 16.5. The Hall–Kier alpha value is -2.95. The van der Waals surface area contributed by atoms with Crippen LogP contribution in [0.1, 0.15) is 34.8 Å². The third-order valence-corrected chi connectivity index (χ3v) is 4.82. The van der Waals surface area contributed by atoms with Gasteiger partial charge in [-0.3, -0.25) is 14.4 Å². The molecule has 27 heavy (non-hydrogen) atoms. The maximum Gasteiger partial charge on any atom is 0.312 e. The topological polar surface area (TPSA) is 63.7 Å². The van der Waals surface area contributed by atoms with E-state index in [4.69, 9.17) is 4.74 Å². The molecule has 140 valence electrons. The van der Waals surface area contributed by atoms with Crippen molar-refractivity contribution < 1.29 is 19.1 Å². The van der Waals surface area contributed by atoms with E-state index < -0.39 is 18.0 Å². The van der Waals surface area contributed by atoms with Gasteiger partial charge in [0, 0.05) is 24.2 Å². The monoisotopic (exact) mass is 365 g/mol. The molecule has 0 spiro atoms. The number of aryl methyl sites for hydroxylation is 2. The van der Waals surface area contributed by atoms with Gasteiger partial charge in [-0.05, 0) is 32.4 Å². The molecule has 0 unspecified atom stereocenters. The minimum atomic E-state index is -0.884. The lowest BCUT2D eigenvalue weighted by Crippen LogP contribution is -2.30. The molecule has 1 fully saturated rings. The average molecular weight is 365 g/mol. The first kappa shape index (κ1) is 18.8. The molecule has 0 N–H and O–H groups in total. The van der Waals surface area contributed by atoms with Crippen LogP contribution in [0.5, 0.6) is 0 Å². The lowest BCUT2D eigenvalue weighted by atomic mass is 10.1. The maximum atomic E-state index is 12.5. The van der Waals surface area contributed by atoms with Crippen LogP contribution in [0.3, 0.4) is 0 Å². The molecule has 2 atom stereocenters. The van der Waals surface area contributed by atoms with Crippen LogP contribution in [-0.2, 0) is 14.3 Å². The highest BCUT2D eigenvalue weighted by Crippen LogP contribution is 2.29. The molecule has 3 rings (SSSR count). The molecule has 1 amide bonds. The van der Waals surface area contributed by atoms with Gasteiger partial charge in [0.1, 0.15) is 0 Å². The number of ketones is 1. The molecule has 5 heteroatoms. The van der Waals surface area contributed by atoms with Gasteiger partial charge in [0.25, 0.3) is 0 Å². The zero-order valence-electron chi connectivity index (χ0n) is 15.8. The molecule has 1 aliphatic heterocycles. The van der Waals surface area contributed by atoms with E-state index in [0.29, 0.717) is 5.56 Å². The smallest absolute Gasteiger partial charge is 0.312 e. The van der Waals surface area contributed by atoms with Crippen molar-refractivity contribution in [2.75, 3.05) is 11.4 Å². The standard InChI is InChI=1S/C22H23NO4/c1-14-9-10-19(15(2)11-14)23-13-18(12-20(23)24)22(26)27-16(3)21(25)17-7-5-4-6-8-17/h4-11,16,18H,12-13H2,1-3H3/t16-,18+/m0/s1. The maximum absolute atomic E-state index is 12.5. The zero-order chi connectivity index (χ0) is 19.6. The second-order valence-corrected chi connectivity index (χ2v) is 7.00. The molecule has 1 saturated heterocycles. The molecule has 5 nitrogen and oxygen atoms in total. The van der Waals surface area contributed by atoms with Crippen LogP contribution < -0.4 is 4.90 Å². The number of hydrogen-bond donors (Lipinski definition) is 0. The summed E-state index contributed by atoms with van der Waals surface area (Å²) in [5.74, 6) is -1.43. The van der Waals surface area contributed by atoms with Crippen molar-refractivity contribution in [3.05, 3.63) is 65.2 Å².